The van der Waals surface area contributed by atoms with E-state index in [1.165, 1.54) is 0 Å². The third kappa shape index (κ3) is 2.73. The summed E-state index contributed by atoms with van der Waals surface area (Å²) in [5.41, 5.74) is 5.36. The summed E-state index contributed by atoms with van der Waals surface area (Å²) in [6, 6.07) is 10.4. The maximum atomic E-state index is 4.77. The maximum absolute atomic E-state index is 4.77. The molecule has 0 bridgehead atoms. The normalized spacial score (nSPS) is 12.4. The van der Waals surface area contributed by atoms with Gasteiger partial charge in [0.25, 0.3) is 0 Å². The fraction of sp³-hybridized carbons (Fsp3) is 0.250. The van der Waals surface area contributed by atoms with Crippen molar-refractivity contribution in [3.63, 3.8) is 0 Å². The summed E-state index contributed by atoms with van der Waals surface area (Å²) in [6.07, 6.45) is 9.67. The third-order valence-corrected chi connectivity index (χ3v) is 4.76. The van der Waals surface area contributed by atoms with E-state index in [2.05, 4.69) is 45.2 Å². The van der Waals surface area contributed by atoms with Gasteiger partial charge >= 0.3 is 0 Å². The second-order valence-electron chi connectivity index (χ2n) is 6.40. The summed E-state index contributed by atoms with van der Waals surface area (Å²) in [5, 5.41) is 4.32. The zero-order valence-electron chi connectivity index (χ0n) is 15.2. The van der Waals surface area contributed by atoms with E-state index in [0.717, 1.165) is 34.8 Å². The van der Waals surface area contributed by atoms with E-state index in [0.29, 0.717) is 0 Å². The van der Waals surface area contributed by atoms with Gasteiger partial charge < -0.3 is 9.13 Å². The Balaban J connectivity index is 1.91. The second kappa shape index (κ2) is 6.63. The van der Waals surface area contributed by atoms with Crippen molar-refractivity contribution in [2.45, 2.75) is 26.4 Å². The molecule has 0 saturated heterocycles. The minimum atomic E-state index is 0.115. The minimum Gasteiger partial charge on any atom is -0.330 e. The molecule has 6 heteroatoms. The second-order valence-corrected chi connectivity index (χ2v) is 6.40. The van der Waals surface area contributed by atoms with E-state index in [1.807, 2.05) is 61.2 Å². The highest BCUT2D eigenvalue weighted by atomic mass is 15.2. The molecule has 4 rings (SSSR count). The molecular weight excluding hydrogens is 324 g/mol. The van der Waals surface area contributed by atoms with Crippen molar-refractivity contribution in [2.24, 2.45) is 7.05 Å². The first-order valence-electron chi connectivity index (χ1n) is 8.80. The van der Waals surface area contributed by atoms with Crippen molar-refractivity contribution in [3.05, 3.63) is 67.1 Å². The first-order valence-corrected chi connectivity index (χ1v) is 8.80. The van der Waals surface area contributed by atoms with Gasteiger partial charge in [0.05, 0.1) is 48.2 Å². The van der Waals surface area contributed by atoms with Gasteiger partial charge in [0, 0.05) is 30.9 Å². The summed E-state index contributed by atoms with van der Waals surface area (Å²) in [5.74, 6) is 0. The summed E-state index contributed by atoms with van der Waals surface area (Å²) in [6.45, 7) is 5.15. The van der Waals surface area contributed by atoms with E-state index >= 15 is 0 Å². The van der Waals surface area contributed by atoms with Crippen molar-refractivity contribution >= 4 is 0 Å². The molecule has 0 N–H and O–H groups in total. The van der Waals surface area contributed by atoms with Crippen LogP contribution in [0.4, 0.5) is 0 Å². The molecule has 0 radical (unpaired) electrons. The highest BCUT2D eigenvalue weighted by molar-refractivity contribution is 5.77. The van der Waals surface area contributed by atoms with Crippen LogP contribution in [0.5, 0.6) is 0 Å². The van der Waals surface area contributed by atoms with Crippen LogP contribution in [0.2, 0.25) is 0 Å². The quantitative estimate of drug-likeness (QED) is 0.553. The SMILES string of the molecule is CCn1cncc1-c1c(-c2ccccc2)ncn1C(C)c1cnn(C)c1. The van der Waals surface area contributed by atoms with Gasteiger partial charge in [-0.1, -0.05) is 30.3 Å². The summed E-state index contributed by atoms with van der Waals surface area (Å²) < 4.78 is 6.19. The summed E-state index contributed by atoms with van der Waals surface area (Å²) >= 11 is 0. The molecule has 0 amide bonds. The van der Waals surface area contributed by atoms with Gasteiger partial charge in [-0.05, 0) is 13.8 Å². The predicted octanol–water partition coefficient (Wildman–Crippen LogP) is 3.78. The highest BCUT2D eigenvalue weighted by Gasteiger charge is 2.22. The highest BCUT2D eigenvalue weighted by Crippen LogP contribution is 2.34. The van der Waals surface area contributed by atoms with Gasteiger partial charge in [0.1, 0.15) is 0 Å². The van der Waals surface area contributed by atoms with E-state index in [9.17, 15) is 0 Å². The molecule has 0 aliphatic rings. The van der Waals surface area contributed by atoms with E-state index in [-0.39, 0.29) is 6.04 Å². The first kappa shape index (κ1) is 16.3. The van der Waals surface area contributed by atoms with Gasteiger partial charge in [0.2, 0.25) is 0 Å². The largest absolute Gasteiger partial charge is 0.330 e. The average molecular weight is 346 g/mol. The third-order valence-electron chi connectivity index (χ3n) is 4.76. The van der Waals surface area contributed by atoms with Crippen LogP contribution in [0.15, 0.2) is 61.6 Å². The Hall–Kier alpha value is -3.15. The lowest BCUT2D eigenvalue weighted by Crippen LogP contribution is -2.09. The van der Waals surface area contributed by atoms with Crippen LogP contribution in [0.3, 0.4) is 0 Å². The molecule has 1 aromatic carbocycles. The Bertz CT molecular complexity index is 1010. The van der Waals surface area contributed by atoms with Gasteiger partial charge in [0.15, 0.2) is 0 Å². The molecule has 0 fully saturated rings. The lowest BCUT2D eigenvalue weighted by molar-refractivity contribution is 0.637. The maximum Gasteiger partial charge on any atom is 0.0979 e. The lowest BCUT2D eigenvalue weighted by atomic mass is 10.1. The van der Waals surface area contributed by atoms with Crippen molar-refractivity contribution < 1.29 is 0 Å². The van der Waals surface area contributed by atoms with Crippen molar-refractivity contribution in [3.8, 4) is 22.6 Å². The summed E-state index contributed by atoms with van der Waals surface area (Å²) in [7, 11) is 1.94. The van der Waals surface area contributed by atoms with Crippen LogP contribution >= 0.6 is 0 Å². The number of aryl methyl sites for hydroxylation is 2. The van der Waals surface area contributed by atoms with Gasteiger partial charge in [-0.3, -0.25) is 4.68 Å². The molecule has 1 atom stereocenters. The molecule has 0 spiro atoms. The van der Waals surface area contributed by atoms with Crippen LogP contribution in [0, 0.1) is 0 Å². The molecule has 0 aliphatic carbocycles. The molecule has 0 aliphatic heterocycles. The van der Waals surface area contributed by atoms with Crippen molar-refractivity contribution in [1.82, 2.24) is 28.9 Å². The van der Waals surface area contributed by atoms with E-state index < -0.39 is 0 Å². The predicted molar refractivity (Wildman–Crippen MR) is 102 cm³/mol. The number of benzene rings is 1. The van der Waals surface area contributed by atoms with Gasteiger partial charge in [-0.25, -0.2) is 9.97 Å². The van der Waals surface area contributed by atoms with Crippen LogP contribution < -0.4 is 0 Å². The molecule has 4 aromatic rings. The standard InChI is InChI=1S/C20H22N6/c1-4-25-13-21-11-18(25)20-19(16-8-6-5-7-9-16)22-14-26(20)15(2)17-10-23-24(3)12-17/h5-15H,4H2,1-3H3. The van der Waals surface area contributed by atoms with E-state index in [1.54, 1.807) is 0 Å². The van der Waals surface area contributed by atoms with Crippen LogP contribution in [-0.4, -0.2) is 28.9 Å². The molecule has 26 heavy (non-hydrogen) atoms. The topological polar surface area (TPSA) is 53.5 Å². The van der Waals surface area contributed by atoms with Crippen LogP contribution in [0.1, 0.15) is 25.5 Å². The number of hydrogen-bond donors (Lipinski definition) is 0. The monoisotopic (exact) mass is 346 g/mol. The number of imidazole rings is 2. The Morgan fingerprint density at radius 2 is 1.88 bits per heavy atom. The van der Waals surface area contributed by atoms with Crippen molar-refractivity contribution in [2.75, 3.05) is 0 Å². The fourth-order valence-electron chi connectivity index (χ4n) is 3.30. The van der Waals surface area contributed by atoms with Gasteiger partial charge in [-0.2, -0.15) is 5.10 Å². The Labute approximate surface area is 152 Å². The number of rotatable bonds is 5. The zero-order valence-corrected chi connectivity index (χ0v) is 15.2. The fourth-order valence-corrected chi connectivity index (χ4v) is 3.30. The van der Waals surface area contributed by atoms with Crippen LogP contribution in [0.25, 0.3) is 22.6 Å². The Morgan fingerprint density at radius 1 is 1.08 bits per heavy atom. The zero-order chi connectivity index (χ0) is 18.1. The lowest BCUT2D eigenvalue weighted by Gasteiger charge is -2.17. The molecule has 3 heterocycles. The molecular formula is C20H22N6. The number of nitrogens with zero attached hydrogens (tertiary/aromatic N) is 6. The van der Waals surface area contributed by atoms with Crippen LogP contribution in [-0.2, 0) is 13.6 Å². The first-order chi connectivity index (χ1) is 12.7. The number of aromatic nitrogens is 6. The van der Waals surface area contributed by atoms with Gasteiger partial charge in [-0.15, -0.1) is 0 Å². The average Bonchev–Trinajstić information content (AvgIpc) is 3.40. The Kier molecular flexibility index (Phi) is 4.16. The molecule has 132 valence electrons. The minimum absolute atomic E-state index is 0.115. The van der Waals surface area contributed by atoms with Crippen molar-refractivity contribution in [1.29, 1.82) is 0 Å². The number of hydrogen-bond acceptors (Lipinski definition) is 3. The Morgan fingerprint density at radius 3 is 2.58 bits per heavy atom. The smallest absolute Gasteiger partial charge is 0.0979 e. The molecule has 3 aromatic heterocycles. The molecule has 0 saturated carbocycles. The summed E-state index contributed by atoms with van der Waals surface area (Å²) in [4.78, 5) is 9.13. The van der Waals surface area contributed by atoms with E-state index in [4.69, 9.17) is 4.98 Å². The molecule has 6 nitrogen and oxygen atoms in total. The molecule has 1 unspecified atom stereocenters.